The van der Waals surface area contributed by atoms with Crippen molar-refractivity contribution < 1.29 is 8.42 Å². The summed E-state index contributed by atoms with van der Waals surface area (Å²) in [5.74, 6) is 0.149. The second-order valence-electron chi connectivity index (χ2n) is 4.55. The molecule has 1 rings (SSSR count). The van der Waals surface area contributed by atoms with E-state index in [0.29, 0.717) is 6.54 Å². The number of benzene rings is 1. The minimum atomic E-state index is -2.93. The molecule has 0 aromatic heterocycles. The first-order chi connectivity index (χ1) is 8.20. The van der Waals surface area contributed by atoms with E-state index < -0.39 is 9.84 Å². The number of nitrogens with two attached hydrogens (primary N) is 1. The summed E-state index contributed by atoms with van der Waals surface area (Å²) >= 11 is 3.48. The van der Waals surface area contributed by atoms with Crippen LogP contribution in [0.2, 0.25) is 0 Å². The van der Waals surface area contributed by atoms with E-state index in [-0.39, 0.29) is 11.8 Å². The van der Waals surface area contributed by atoms with E-state index in [1.165, 1.54) is 6.26 Å². The first-order valence-corrected chi connectivity index (χ1v) is 8.50. The number of halogens is 1. The highest BCUT2D eigenvalue weighted by Crippen LogP contribution is 2.26. The van der Waals surface area contributed by atoms with E-state index >= 15 is 0 Å². The molecular weight excluding hydrogens is 316 g/mol. The number of hydrogen-bond donors (Lipinski definition) is 1. The number of hydrogen-bond acceptors (Lipinski definition) is 4. The molecular formula is C12H19BrN2O2S. The summed E-state index contributed by atoms with van der Waals surface area (Å²) in [5.41, 5.74) is 7.84. The molecule has 102 valence electrons. The molecule has 0 radical (unpaired) electrons. The maximum Gasteiger partial charge on any atom is 0.149 e. The van der Waals surface area contributed by atoms with Gasteiger partial charge in [-0.15, -0.1) is 0 Å². The Morgan fingerprint density at radius 2 is 2.06 bits per heavy atom. The molecule has 1 unspecified atom stereocenters. The van der Waals surface area contributed by atoms with Crippen LogP contribution in [0, 0.1) is 0 Å². The van der Waals surface area contributed by atoms with Crippen molar-refractivity contribution in [2.75, 3.05) is 30.5 Å². The van der Waals surface area contributed by atoms with Gasteiger partial charge < -0.3 is 10.6 Å². The highest BCUT2D eigenvalue weighted by atomic mass is 79.9. The first-order valence-electron chi connectivity index (χ1n) is 5.64. The van der Waals surface area contributed by atoms with Gasteiger partial charge in [0.25, 0.3) is 0 Å². The van der Waals surface area contributed by atoms with Crippen molar-refractivity contribution in [1.82, 2.24) is 0 Å². The van der Waals surface area contributed by atoms with Crippen LogP contribution in [0.3, 0.4) is 0 Å². The van der Waals surface area contributed by atoms with Crippen LogP contribution < -0.4 is 10.6 Å². The zero-order chi connectivity index (χ0) is 13.9. The standard InChI is InChI=1S/C12H19BrN2O2S/c1-9(14)11-5-4-10(8-12(11)13)15(2)6-7-18(3,16)17/h4-5,8-9H,6-7,14H2,1-3H3. The molecule has 0 amide bonds. The Hall–Kier alpha value is -0.590. The Bertz CT molecular complexity index is 515. The zero-order valence-electron chi connectivity index (χ0n) is 10.9. The predicted molar refractivity (Wildman–Crippen MR) is 79.7 cm³/mol. The van der Waals surface area contributed by atoms with Gasteiger partial charge in [0.05, 0.1) is 5.75 Å². The van der Waals surface area contributed by atoms with Crippen molar-refractivity contribution in [1.29, 1.82) is 0 Å². The third-order valence-corrected chi connectivity index (χ3v) is 4.32. The summed E-state index contributed by atoms with van der Waals surface area (Å²) in [6.45, 7) is 2.40. The Labute approximate surface area is 117 Å². The topological polar surface area (TPSA) is 63.4 Å². The summed E-state index contributed by atoms with van der Waals surface area (Å²) < 4.78 is 23.2. The van der Waals surface area contributed by atoms with Gasteiger partial charge in [-0.25, -0.2) is 8.42 Å². The fourth-order valence-corrected chi connectivity index (χ4v) is 2.89. The molecule has 6 heteroatoms. The van der Waals surface area contributed by atoms with E-state index in [1.54, 1.807) is 0 Å². The van der Waals surface area contributed by atoms with E-state index in [2.05, 4.69) is 15.9 Å². The monoisotopic (exact) mass is 334 g/mol. The van der Waals surface area contributed by atoms with Crippen LogP contribution in [0.25, 0.3) is 0 Å². The second-order valence-corrected chi connectivity index (χ2v) is 7.66. The second kappa shape index (κ2) is 6.04. The van der Waals surface area contributed by atoms with Crippen molar-refractivity contribution in [2.24, 2.45) is 5.73 Å². The third-order valence-electron chi connectivity index (χ3n) is 2.71. The van der Waals surface area contributed by atoms with Gasteiger partial charge >= 0.3 is 0 Å². The summed E-state index contributed by atoms with van der Waals surface area (Å²) in [6, 6.07) is 5.84. The highest BCUT2D eigenvalue weighted by molar-refractivity contribution is 9.10. The maximum absolute atomic E-state index is 11.1. The van der Waals surface area contributed by atoms with Crippen molar-refractivity contribution in [3.63, 3.8) is 0 Å². The van der Waals surface area contributed by atoms with Crippen LogP contribution in [0.15, 0.2) is 22.7 Å². The third kappa shape index (κ3) is 4.59. The smallest absolute Gasteiger partial charge is 0.149 e. The lowest BCUT2D eigenvalue weighted by atomic mass is 10.1. The molecule has 0 saturated carbocycles. The molecule has 0 spiro atoms. The van der Waals surface area contributed by atoms with E-state index in [1.807, 2.05) is 37.1 Å². The van der Waals surface area contributed by atoms with Gasteiger partial charge in [0.15, 0.2) is 0 Å². The summed E-state index contributed by atoms with van der Waals surface area (Å²) in [4.78, 5) is 1.91. The lowest BCUT2D eigenvalue weighted by molar-refractivity contribution is 0.601. The van der Waals surface area contributed by atoms with Gasteiger partial charge in [0, 0.05) is 36.1 Å². The summed E-state index contributed by atoms with van der Waals surface area (Å²) in [5, 5.41) is 0. The van der Waals surface area contributed by atoms with Gasteiger partial charge in [0.2, 0.25) is 0 Å². The Morgan fingerprint density at radius 3 is 2.50 bits per heavy atom. The minimum absolute atomic E-state index is 0.0326. The molecule has 0 aliphatic carbocycles. The van der Waals surface area contributed by atoms with Crippen molar-refractivity contribution in [2.45, 2.75) is 13.0 Å². The Balaban J connectivity index is 2.81. The van der Waals surface area contributed by atoms with Gasteiger partial charge in [-0.3, -0.25) is 0 Å². The predicted octanol–water partition coefficient (Wildman–Crippen LogP) is 1.95. The molecule has 0 saturated heterocycles. The summed E-state index contributed by atoms with van der Waals surface area (Å²) in [6.07, 6.45) is 1.25. The van der Waals surface area contributed by atoms with E-state index in [4.69, 9.17) is 5.73 Å². The van der Waals surface area contributed by atoms with Crippen LogP contribution >= 0.6 is 15.9 Å². The number of sulfone groups is 1. The number of rotatable bonds is 5. The molecule has 0 bridgehead atoms. The lowest BCUT2D eigenvalue weighted by Crippen LogP contribution is -2.24. The van der Waals surface area contributed by atoms with E-state index in [0.717, 1.165) is 15.7 Å². The quantitative estimate of drug-likeness (QED) is 0.893. The lowest BCUT2D eigenvalue weighted by Gasteiger charge is -2.20. The molecule has 18 heavy (non-hydrogen) atoms. The zero-order valence-corrected chi connectivity index (χ0v) is 13.3. The molecule has 0 aliphatic rings. The van der Waals surface area contributed by atoms with Crippen molar-refractivity contribution >= 4 is 31.5 Å². The average Bonchev–Trinajstić information content (AvgIpc) is 2.24. The largest absolute Gasteiger partial charge is 0.374 e. The van der Waals surface area contributed by atoms with Gasteiger partial charge in [0.1, 0.15) is 9.84 Å². The van der Waals surface area contributed by atoms with Gasteiger partial charge in [-0.1, -0.05) is 22.0 Å². The molecule has 0 fully saturated rings. The normalized spacial score (nSPS) is 13.4. The molecule has 1 aromatic rings. The van der Waals surface area contributed by atoms with Gasteiger partial charge in [-0.05, 0) is 24.6 Å². The molecule has 1 atom stereocenters. The van der Waals surface area contributed by atoms with Gasteiger partial charge in [-0.2, -0.15) is 0 Å². The fourth-order valence-electron chi connectivity index (χ4n) is 1.55. The fraction of sp³-hybridized carbons (Fsp3) is 0.500. The maximum atomic E-state index is 11.1. The molecule has 1 aromatic carbocycles. The highest BCUT2D eigenvalue weighted by Gasteiger charge is 2.10. The molecule has 0 aliphatic heterocycles. The van der Waals surface area contributed by atoms with Crippen LogP contribution in [0.4, 0.5) is 5.69 Å². The first kappa shape index (κ1) is 15.5. The van der Waals surface area contributed by atoms with Crippen LogP contribution in [0.5, 0.6) is 0 Å². The van der Waals surface area contributed by atoms with Crippen LogP contribution in [-0.2, 0) is 9.84 Å². The van der Waals surface area contributed by atoms with Crippen LogP contribution in [0.1, 0.15) is 18.5 Å². The SMILES string of the molecule is CC(N)c1ccc(N(C)CCS(C)(=O)=O)cc1Br. The Morgan fingerprint density at radius 1 is 1.44 bits per heavy atom. The molecule has 2 N–H and O–H groups in total. The van der Waals surface area contributed by atoms with Crippen LogP contribution in [-0.4, -0.2) is 34.0 Å². The molecule has 0 heterocycles. The Kier molecular flexibility index (Phi) is 5.19. The number of nitrogens with zero attached hydrogens (tertiary/aromatic N) is 1. The average molecular weight is 335 g/mol. The summed E-state index contributed by atoms with van der Waals surface area (Å²) in [7, 11) is -1.06. The minimum Gasteiger partial charge on any atom is -0.374 e. The van der Waals surface area contributed by atoms with E-state index in [9.17, 15) is 8.42 Å². The molecule has 4 nitrogen and oxygen atoms in total. The number of anilines is 1. The van der Waals surface area contributed by atoms with Crippen molar-refractivity contribution in [3.05, 3.63) is 28.2 Å². The van der Waals surface area contributed by atoms with Crippen molar-refractivity contribution in [3.8, 4) is 0 Å².